The summed E-state index contributed by atoms with van der Waals surface area (Å²) in [5.41, 5.74) is 1.53. The number of benzene rings is 1. The summed E-state index contributed by atoms with van der Waals surface area (Å²) in [4.78, 5) is 52.7. The van der Waals surface area contributed by atoms with Gasteiger partial charge in [0.15, 0.2) is 0 Å². The topological polar surface area (TPSA) is 108 Å². The summed E-state index contributed by atoms with van der Waals surface area (Å²) in [5.74, 6) is -1.91. The zero-order valence-corrected chi connectivity index (χ0v) is 17.3. The lowest BCUT2D eigenvalue weighted by molar-refractivity contribution is -0.136. The van der Waals surface area contributed by atoms with Gasteiger partial charge in [-0.1, -0.05) is 0 Å². The molecule has 31 heavy (non-hydrogen) atoms. The molecule has 0 saturated carbocycles. The first-order chi connectivity index (χ1) is 15.0. The molecular weight excluding hydrogens is 400 g/mol. The van der Waals surface area contributed by atoms with Crippen LogP contribution in [-0.2, 0) is 14.3 Å². The summed E-state index contributed by atoms with van der Waals surface area (Å²) >= 11 is 0. The van der Waals surface area contributed by atoms with E-state index >= 15 is 0 Å². The van der Waals surface area contributed by atoms with E-state index < -0.39 is 23.8 Å². The van der Waals surface area contributed by atoms with Gasteiger partial charge in [0.05, 0.1) is 23.3 Å². The molecule has 3 fully saturated rings. The molecule has 0 radical (unpaired) electrons. The second kappa shape index (κ2) is 8.05. The summed E-state index contributed by atoms with van der Waals surface area (Å²) in [5, 5.41) is 5.54. The molecule has 164 valence electrons. The van der Waals surface area contributed by atoms with Crippen LogP contribution < -0.4 is 15.5 Å². The van der Waals surface area contributed by atoms with Crippen molar-refractivity contribution in [1.82, 2.24) is 15.5 Å². The van der Waals surface area contributed by atoms with Gasteiger partial charge in [-0.25, -0.2) is 0 Å². The molecule has 0 bridgehead atoms. The standard InChI is InChI=1S/C22H26N4O5/c27-19-4-3-18(20(28)24-19)26-21(29)16-2-1-13(11-17(16)22(26)30)25-9-6-14(7-10-25)31-15-5-8-23-12-15/h1-2,11,14-15,18,23H,3-10,12H2,(H,24,27,28)/t15-,18?/m0/s1. The van der Waals surface area contributed by atoms with Crippen LogP contribution in [0.3, 0.4) is 0 Å². The molecule has 2 atom stereocenters. The van der Waals surface area contributed by atoms with Gasteiger partial charge < -0.3 is 15.0 Å². The largest absolute Gasteiger partial charge is 0.373 e. The molecule has 9 heteroatoms. The van der Waals surface area contributed by atoms with Crippen molar-refractivity contribution in [1.29, 1.82) is 0 Å². The van der Waals surface area contributed by atoms with Gasteiger partial charge in [0.25, 0.3) is 11.8 Å². The Labute approximate surface area is 180 Å². The summed E-state index contributed by atoms with van der Waals surface area (Å²) in [7, 11) is 0. The third-order valence-electron chi connectivity index (χ3n) is 6.63. The van der Waals surface area contributed by atoms with E-state index in [0.717, 1.165) is 56.0 Å². The van der Waals surface area contributed by atoms with Crippen LogP contribution in [0.25, 0.3) is 0 Å². The van der Waals surface area contributed by atoms with Gasteiger partial charge in [-0.15, -0.1) is 0 Å². The minimum atomic E-state index is -0.938. The molecular formula is C22H26N4O5. The minimum absolute atomic E-state index is 0.114. The second-order valence-corrected chi connectivity index (χ2v) is 8.61. The Morgan fingerprint density at radius 3 is 2.39 bits per heavy atom. The number of nitrogens with one attached hydrogen (secondary N) is 2. The van der Waals surface area contributed by atoms with E-state index in [1.807, 2.05) is 6.07 Å². The maximum Gasteiger partial charge on any atom is 0.262 e. The molecule has 1 aromatic carbocycles. The Morgan fingerprint density at radius 1 is 0.903 bits per heavy atom. The van der Waals surface area contributed by atoms with E-state index in [2.05, 4.69) is 15.5 Å². The number of nitrogens with zero attached hydrogens (tertiary/aromatic N) is 2. The van der Waals surface area contributed by atoms with E-state index in [4.69, 9.17) is 4.74 Å². The zero-order chi connectivity index (χ0) is 21.5. The molecule has 1 unspecified atom stereocenters. The number of carbonyl (C=O) groups excluding carboxylic acids is 4. The van der Waals surface area contributed by atoms with Crippen LogP contribution in [0.2, 0.25) is 0 Å². The molecule has 4 aliphatic heterocycles. The predicted molar refractivity (Wildman–Crippen MR) is 111 cm³/mol. The van der Waals surface area contributed by atoms with E-state index in [-0.39, 0.29) is 24.9 Å². The van der Waals surface area contributed by atoms with Crippen molar-refractivity contribution in [3.63, 3.8) is 0 Å². The third kappa shape index (κ3) is 3.72. The first-order valence-corrected chi connectivity index (χ1v) is 11.0. The van der Waals surface area contributed by atoms with Crippen molar-refractivity contribution >= 4 is 29.3 Å². The molecule has 0 spiro atoms. The van der Waals surface area contributed by atoms with Gasteiger partial charge in [0.1, 0.15) is 6.04 Å². The van der Waals surface area contributed by atoms with E-state index in [1.165, 1.54) is 0 Å². The van der Waals surface area contributed by atoms with Crippen LogP contribution in [0.4, 0.5) is 5.69 Å². The lowest BCUT2D eigenvalue weighted by atomic mass is 10.0. The zero-order valence-electron chi connectivity index (χ0n) is 17.3. The smallest absolute Gasteiger partial charge is 0.262 e. The van der Waals surface area contributed by atoms with Crippen LogP contribution in [0.1, 0.15) is 52.8 Å². The highest BCUT2D eigenvalue weighted by Crippen LogP contribution is 2.32. The molecule has 1 aromatic rings. The van der Waals surface area contributed by atoms with Crippen molar-refractivity contribution in [2.45, 2.75) is 50.4 Å². The SMILES string of the molecule is O=C1CCC(N2C(=O)c3ccc(N4CCC(O[C@H]5CCNC5)CC4)cc3C2=O)C(=O)N1. The molecule has 9 nitrogen and oxygen atoms in total. The van der Waals surface area contributed by atoms with E-state index in [9.17, 15) is 19.2 Å². The average molecular weight is 426 g/mol. The minimum Gasteiger partial charge on any atom is -0.373 e. The van der Waals surface area contributed by atoms with E-state index in [1.54, 1.807) is 12.1 Å². The lowest BCUT2D eigenvalue weighted by Crippen LogP contribution is -2.54. The van der Waals surface area contributed by atoms with Gasteiger partial charge >= 0.3 is 0 Å². The monoisotopic (exact) mass is 426 g/mol. The number of anilines is 1. The van der Waals surface area contributed by atoms with Gasteiger partial charge in [-0.3, -0.25) is 29.4 Å². The summed E-state index contributed by atoms with van der Waals surface area (Å²) in [6.45, 7) is 3.58. The van der Waals surface area contributed by atoms with Crippen molar-refractivity contribution in [3.8, 4) is 0 Å². The number of hydrogen-bond donors (Lipinski definition) is 2. The quantitative estimate of drug-likeness (QED) is 0.673. The van der Waals surface area contributed by atoms with Crippen molar-refractivity contribution < 1.29 is 23.9 Å². The molecule has 3 saturated heterocycles. The Bertz CT molecular complexity index is 934. The fraction of sp³-hybridized carbons (Fsp3) is 0.545. The van der Waals surface area contributed by atoms with Crippen molar-refractivity contribution in [2.75, 3.05) is 31.1 Å². The molecule has 0 aliphatic carbocycles. The van der Waals surface area contributed by atoms with Crippen LogP contribution in [0.5, 0.6) is 0 Å². The van der Waals surface area contributed by atoms with Crippen molar-refractivity contribution in [3.05, 3.63) is 29.3 Å². The Morgan fingerprint density at radius 2 is 1.68 bits per heavy atom. The summed E-state index contributed by atoms with van der Waals surface area (Å²) in [6.07, 6.45) is 3.73. The summed E-state index contributed by atoms with van der Waals surface area (Å²) in [6, 6.07) is 4.35. The third-order valence-corrected chi connectivity index (χ3v) is 6.63. The Kier molecular flexibility index (Phi) is 5.23. The summed E-state index contributed by atoms with van der Waals surface area (Å²) < 4.78 is 6.18. The van der Waals surface area contributed by atoms with Gasteiger partial charge in [-0.2, -0.15) is 0 Å². The maximum absolute atomic E-state index is 13.0. The van der Waals surface area contributed by atoms with Crippen LogP contribution in [-0.4, -0.2) is 73.0 Å². The van der Waals surface area contributed by atoms with Crippen LogP contribution in [0.15, 0.2) is 18.2 Å². The van der Waals surface area contributed by atoms with Gasteiger partial charge in [0.2, 0.25) is 11.8 Å². The van der Waals surface area contributed by atoms with E-state index in [0.29, 0.717) is 17.2 Å². The highest BCUT2D eigenvalue weighted by molar-refractivity contribution is 6.23. The number of fused-ring (bicyclic) bond motifs is 1. The number of carbonyl (C=O) groups is 4. The lowest BCUT2D eigenvalue weighted by Gasteiger charge is -2.34. The number of piperidine rings is 2. The fourth-order valence-electron chi connectivity index (χ4n) is 4.92. The maximum atomic E-state index is 13.0. The first-order valence-electron chi connectivity index (χ1n) is 11.0. The Hall–Kier alpha value is -2.78. The average Bonchev–Trinajstić information content (AvgIpc) is 3.36. The highest BCUT2D eigenvalue weighted by atomic mass is 16.5. The van der Waals surface area contributed by atoms with Crippen molar-refractivity contribution in [2.24, 2.45) is 0 Å². The number of imide groups is 2. The highest BCUT2D eigenvalue weighted by Gasteiger charge is 2.44. The normalized spacial score (nSPS) is 27.1. The Balaban J connectivity index is 1.27. The van der Waals surface area contributed by atoms with Gasteiger partial charge in [0, 0.05) is 31.7 Å². The predicted octanol–water partition coefficient (Wildman–Crippen LogP) is 0.435. The number of amides is 4. The van der Waals surface area contributed by atoms with Gasteiger partial charge in [-0.05, 0) is 50.4 Å². The van der Waals surface area contributed by atoms with Crippen LogP contribution >= 0.6 is 0 Å². The molecule has 0 aromatic heterocycles. The molecule has 2 N–H and O–H groups in total. The first kappa shape index (κ1) is 20.1. The molecule has 4 amide bonds. The fourth-order valence-corrected chi connectivity index (χ4v) is 4.92. The number of hydrogen-bond acceptors (Lipinski definition) is 7. The second-order valence-electron chi connectivity index (χ2n) is 8.61. The molecule has 4 heterocycles. The number of rotatable bonds is 4. The van der Waals surface area contributed by atoms with Crippen LogP contribution in [0, 0.1) is 0 Å². The number of ether oxygens (including phenoxy) is 1. The molecule has 4 aliphatic rings. The molecule has 5 rings (SSSR count).